The molecule has 0 amide bonds. The SMILES string of the molecule is CN1CCC(Nc2nnc(Cl)cc2-c2ccccc2)CC1. The molecular weight excluding hydrogens is 284 g/mol. The van der Waals surface area contributed by atoms with E-state index in [1.165, 1.54) is 0 Å². The van der Waals surface area contributed by atoms with Gasteiger partial charge in [-0.2, -0.15) is 0 Å². The van der Waals surface area contributed by atoms with E-state index in [-0.39, 0.29) is 0 Å². The summed E-state index contributed by atoms with van der Waals surface area (Å²) in [7, 11) is 2.16. The fourth-order valence-corrected chi connectivity index (χ4v) is 2.81. The Morgan fingerprint density at radius 1 is 1.14 bits per heavy atom. The second-order valence-corrected chi connectivity index (χ2v) is 5.90. The minimum absolute atomic E-state index is 0.419. The molecule has 110 valence electrons. The molecule has 2 aromatic rings. The topological polar surface area (TPSA) is 41.0 Å². The van der Waals surface area contributed by atoms with Crippen LogP contribution < -0.4 is 5.32 Å². The molecule has 1 aliphatic heterocycles. The summed E-state index contributed by atoms with van der Waals surface area (Å²) in [4.78, 5) is 2.35. The Morgan fingerprint density at radius 3 is 2.57 bits per heavy atom. The number of benzene rings is 1. The lowest BCUT2D eigenvalue weighted by atomic mass is 10.0. The highest BCUT2D eigenvalue weighted by atomic mass is 35.5. The molecule has 0 bridgehead atoms. The highest BCUT2D eigenvalue weighted by molar-refractivity contribution is 6.29. The van der Waals surface area contributed by atoms with Crippen LogP contribution in [-0.4, -0.2) is 41.3 Å². The average molecular weight is 303 g/mol. The fourth-order valence-electron chi connectivity index (χ4n) is 2.66. The zero-order valence-electron chi connectivity index (χ0n) is 12.1. The van der Waals surface area contributed by atoms with E-state index >= 15 is 0 Å². The number of rotatable bonds is 3. The number of nitrogens with one attached hydrogen (secondary N) is 1. The van der Waals surface area contributed by atoms with Crippen LogP contribution in [0.4, 0.5) is 5.82 Å². The lowest BCUT2D eigenvalue weighted by Crippen LogP contribution is -2.37. The first-order valence-electron chi connectivity index (χ1n) is 7.26. The zero-order valence-corrected chi connectivity index (χ0v) is 12.8. The van der Waals surface area contributed by atoms with Crippen molar-refractivity contribution in [3.63, 3.8) is 0 Å². The Morgan fingerprint density at radius 2 is 1.86 bits per heavy atom. The van der Waals surface area contributed by atoms with E-state index in [9.17, 15) is 0 Å². The Labute approximate surface area is 130 Å². The van der Waals surface area contributed by atoms with Crippen molar-refractivity contribution in [3.05, 3.63) is 41.6 Å². The van der Waals surface area contributed by atoms with Crippen LogP contribution in [0.3, 0.4) is 0 Å². The molecule has 1 fully saturated rings. The number of nitrogens with zero attached hydrogens (tertiary/aromatic N) is 3. The number of likely N-dealkylation sites (tertiary alicyclic amines) is 1. The summed E-state index contributed by atoms with van der Waals surface area (Å²) in [5, 5.41) is 12.2. The Hall–Kier alpha value is -1.65. The third-order valence-corrected chi connectivity index (χ3v) is 4.09. The molecule has 0 radical (unpaired) electrons. The van der Waals surface area contributed by atoms with Crippen LogP contribution in [0.5, 0.6) is 0 Å². The molecule has 1 aliphatic rings. The second-order valence-electron chi connectivity index (χ2n) is 5.52. The molecule has 2 heterocycles. The molecule has 0 atom stereocenters. The molecule has 1 N–H and O–H groups in total. The predicted molar refractivity (Wildman–Crippen MR) is 86.6 cm³/mol. The van der Waals surface area contributed by atoms with Gasteiger partial charge in [-0.1, -0.05) is 41.9 Å². The van der Waals surface area contributed by atoms with E-state index in [0.29, 0.717) is 11.2 Å². The van der Waals surface area contributed by atoms with Crippen LogP contribution >= 0.6 is 11.6 Å². The van der Waals surface area contributed by atoms with Crippen LogP contribution in [0.25, 0.3) is 11.1 Å². The summed E-state index contributed by atoms with van der Waals surface area (Å²) in [6.07, 6.45) is 2.24. The summed E-state index contributed by atoms with van der Waals surface area (Å²) >= 11 is 6.02. The molecule has 5 heteroatoms. The number of anilines is 1. The van der Waals surface area contributed by atoms with E-state index in [0.717, 1.165) is 42.9 Å². The molecule has 3 rings (SSSR count). The van der Waals surface area contributed by atoms with Crippen molar-refractivity contribution in [1.29, 1.82) is 0 Å². The predicted octanol–water partition coefficient (Wildman–Crippen LogP) is 3.30. The highest BCUT2D eigenvalue weighted by Gasteiger charge is 2.18. The summed E-state index contributed by atoms with van der Waals surface area (Å²) in [6, 6.07) is 12.5. The maximum absolute atomic E-state index is 6.02. The first-order valence-corrected chi connectivity index (χ1v) is 7.64. The Kier molecular flexibility index (Phi) is 4.36. The van der Waals surface area contributed by atoms with E-state index in [2.05, 4.69) is 39.6 Å². The van der Waals surface area contributed by atoms with Crippen LogP contribution in [-0.2, 0) is 0 Å². The minimum atomic E-state index is 0.419. The minimum Gasteiger partial charge on any atom is -0.365 e. The van der Waals surface area contributed by atoms with Gasteiger partial charge in [0.15, 0.2) is 11.0 Å². The largest absolute Gasteiger partial charge is 0.365 e. The molecule has 0 spiro atoms. The van der Waals surface area contributed by atoms with Crippen molar-refractivity contribution in [3.8, 4) is 11.1 Å². The van der Waals surface area contributed by atoms with Gasteiger partial charge < -0.3 is 10.2 Å². The second kappa shape index (κ2) is 6.41. The summed E-state index contributed by atoms with van der Waals surface area (Å²) in [5.74, 6) is 0.820. The quantitative estimate of drug-likeness (QED) is 0.944. The van der Waals surface area contributed by atoms with E-state index < -0.39 is 0 Å². The van der Waals surface area contributed by atoms with Gasteiger partial charge in [-0.25, -0.2) is 0 Å². The Bertz CT molecular complexity index is 594. The number of piperidine rings is 1. The smallest absolute Gasteiger partial charge is 0.156 e. The van der Waals surface area contributed by atoms with Crippen molar-refractivity contribution in [2.45, 2.75) is 18.9 Å². The van der Waals surface area contributed by atoms with Crippen molar-refractivity contribution >= 4 is 17.4 Å². The standard InChI is InChI=1S/C16H19ClN4/c1-21-9-7-13(8-10-21)18-16-14(11-15(17)19-20-16)12-5-3-2-4-6-12/h2-6,11,13H,7-10H2,1H3,(H,18,20). The van der Waals surface area contributed by atoms with Gasteiger partial charge in [0.1, 0.15) is 0 Å². The molecule has 0 unspecified atom stereocenters. The maximum Gasteiger partial charge on any atom is 0.156 e. The molecule has 1 aromatic heterocycles. The van der Waals surface area contributed by atoms with Crippen molar-refractivity contribution in [2.24, 2.45) is 0 Å². The molecule has 0 aliphatic carbocycles. The molecule has 0 saturated carbocycles. The normalized spacial score (nSPS) is 16.9. The van der Waals surface area contributed by atoms with Crippen LogP contribution in [0.1, 0.15) is 12.8 Å². The van der Waals surface area contributed by atoms with Gasteiger partial charge in [0.05, 0.1) is 0 Å². The third kappa shape index (κ3) is 3.52. The fraction of sp³-hybridized carbons (Fsp3) is 0.375. The molecular formula is C16H19ClN4. The van der Waals surface area contributed by atoms with Crippen molar-refractivity contribution in [1.82, 2.24) is 15.1 Å². The summed E-state index contributed by atoms with van der Waals surface area (Å²) in [5.41, 5.74) is 2.11. The lowest BCUT2D eigenvalue weighted by molar-refractivity contribution is 0.263. The maximum atomic E-state index is 6.02. The van der Waals surface area contributed by atoms with Gasteiger partial charge in [-0.3, -0.25) is 0 Å². The molecule has 1 aromatic carbocycles. The lowest BCUT2D eigenvalue weighted by Gasteiger charge is -2.30. The average Bonchev–Trinajstić information content (AvgIpc) is 2.52. The summed E-state index contributed by atoms with van der Waals surface area (Å²) in [6.45, 7) is 2.22. The van der Waals surface area contributed by atoms with Gasteiger partial charge in [0.2, 0.25) is 0 Å². The first-order chi connectivity index (χ1) is 10.2. The molecule has 1 saturated heterocycles. The van der Waals surface area contributed by atoms with Crippen LogP contribution in [0.15, 0.2) is 36.4 Å². The first kappa shape index (κ1) is 14.3. The van der Waals surface area contributed by atoms with Crippen LogP contribution in [0.2, 0.25) is 5.15 Å². The van der Waals surface area contributed by atoms with E-state index in [1.54, 1.807) is 0 Å². The third-order valence-electron chi connectivity index (χ3n) is 3.91. The number of hydrogen-bond donors (Lipinski definition) is 1. The van der Waals surface area contributed by atoms with E-state index in [1.807, 2.05) is 24.3 Å². The number of halogens is 1. The number of hydrogen-bond acceptors (Lipinski definition) is 4. The monoisotopic (exact) mass is 302 g/mol. The molecule has 4 nitrogen and oxygen atoms in total. The van der Waals surface area contributed by atoms with Gasteiger partial charge in [-0.05, 0) is 44.6 Å². The number of aromatic nitrogens is 2. The Balaban J connectivity index is 1.85. The highest BCUT2D eigenvalue weighted by Crippen LogP contribution is 2.29. The van der Waals surface area contributed by atoms with Crippen LogP contribution in [0, 0.1) is 0 Å². The van der Waals surface area contributed by atoms with Gasteiger partial charge >= 0.3 is 0 Å². The van der Waals surface area contributed by atoms with Gasteiger partial charge in [0, 0.05) is 11.6 Å². The zero-order chi connectivity index (χ0) is 14.7. The van der Waals surface area contributed by atoms with Crippen molar-refractivity contribution in [2.75, 3.05) is 25.5 Å². The summed E-state index contributed by atoms with van der Waals surface area (Å²) < 4.78 is 0. The van der Waals surface area contributed by atoms with Gasteiger partial charge in [-0.15, -0.1) is 10.2 Å². The van der Waals surface area contributed by atoms with Crippen molar-refractivity contribution < 1.29 is 0 Å². The van der Waals surface area contributed by atoms with Gasteiger partial charge in [0.25, 0.3) is 0 Å². The molecule has 21 heavy (non-hydrogen) atoms. The van der Waals surface area contributed by atoms with E-state index in [4.69, 9.17) is 11.6 Å².